The van der Waals surface area contributed by atoms with Gasteiger partial charge in [0.15, 0.2) is 5.78 Å². The Labute approximate surface area is 134 Å². The van der Waals surface area contributed by atoms with Crippen molar-refractivity contribution in [1.82, 2.24) is 0 Å². The van der Waals surface area contributed by atoms with E-state index in [9.17, 15) is 14.7 Å². The first kappa shape index (κ1) is 16.2. The fraction of sp³-hybridized carbons (Fsp3) is 0.0526. The van der Waals surface area contributed by atoms with Gasteiger partial charge in [0.1, 0.15) is 5.75 Å². The zero-order chi connectivity index (χ0) is 16.7. The van der Waals surface area contributed by atoms with Gasteiger partial charge in [0, 0.05) is 0 Å². The topological polar surface area (TPSA) is 63.6 Å². The Morgan fingerprint density at radius 3 is 2.48 bits per heavy atom. The third kappa shape index (κ3) is 4.41. The van der Waals surface area contributed by atoms with Gasteiger partial charge in [0.05, 0.1) is 18.2 Å². The van der Waals surface area contributed by atoms with E-state index in [4.69, 9.17) is 0 Å². The number of carbonyl (C=O) groups excluding carboxylic acids is 2. The average molecular weight is 308 g/mol. The van der Waals surface area contributed by atoms with Gasteiger partial charge in [-0.2, -0.15) is 0 Å². The molecule has 0 atom stereocenters. The minimum Gasteiger partial charge on any atom is -0.507 e. The van der Waals surface area contributed by atoms with Crippen molar-refractivity contribution in [2.45, 2.75) is 0 Å². The van der Waals surface area contributed by atoms with Crippen LogP contribution in [0.25, 0.3) is 6.08 Å². The highest BCUT2D eigenvalue weighted by molar-refractivity contribution is 6.08. The molecule has 116 valence electrons. The van der Waals surface area contributed by atoms with Crippen LogP contribution in [0.15, 0.2) is 66.8 Å². The molecule has 0 heterocycles. The van der Waals surface area contributed by atoms with Crippen LogP contribution in [0.2, 0.25) is 0 Å². The lowest BCUT2D eigenvalue weighted by molar-refractivity contribution is 0.0600. The second-order valence-electron chi connectivity index (χ2n) is 4.72. The van der Waals surface area contributed by atoms with Crippen LogP contribution in [-0.2, 0) is 4.74 Å². The molecule has 2 aromatic rings. The molecule has 0 spiro atoms. The second-order valence-corrected chi connectivity index (χ2v) is 4.72. The van der Waals surface area contributed by atoms with Gasteiger partial charge in [-0.25, -0.2) is 4.79 Å². The number of esters is 1. The predicted octanol–water partition coefficient (Wildman–Crippen LogP) is 3.63. The maximum absolute atomic E-state index is 12.1. The molecule has 23 heavy (non-hydrogen) atoms. The highest BCUT2D eigenvalue weighted by atomic mass is 16.5. The van der Waals surface area contributed by atoms with Gasteiger partial charge >= 0.3 is 5.97 Å². The normalized spacial score (nSPS) is 11.0. The number of ketones is 1. The van der Waals surface area contributed by atoms with Crippen LogP contribution in [0.4, 0.5) is 0 Å². The van der Waals surface area contributed by atoms with Crippen LogP contribution in [0.1, 0.15) is 26.3 Å². The van der Waals surface area contributed by atoms with Gasteiger partial charge in [0.25, 0.3) is 0 Å². The van der Waals surface area contributed by atoms with E-state index in [2.05, 4.69) is 4.74 Å². The van der Waals surface area contributed by atoms with Gasteiger partial charge in [-0.3, -0.25) is 4.79 Å². The third-order valence-corrected chi connectivity index (χ3v) is 3.13. The molecule has 0 aliphatic carbocycles. The summed E-state index contributed by atoms with van der Waals surface area (Å²) in [5.74, 6) is -1.14. The van der Waals surface area contributed by atoms with Crippen LogP contribution in [0.3, 0.4) is 0 Å². The molecule has 0 saturated heterocycles. The molecule has 4 nitrogen and oxygen atoms in total. The summed E-state index contributed by atoms with van der Waals surface area (Å²) in [4.78, 5) is 23.6. The number of hydrogen-bond acceptors (Lipinski definition) is 4. The summed E-state index contributed by atoms with van der Waals surface area (Å²) in [6.07, 6.45) is 6.50. The van der Waals surface area contributed by atoms with E-state index >= 15 is 0 Å². The summed E-state index contributed by atoms with van der Waals surface area (Å²) >= 11 is 0. The number of benzene rings is 2. The van der Waals surface area contributed by atoms with E-state index in [1.807, 2.05) is 36.4 Å². The quantitative estimate of drug-likeness (QED) is 0.396. The number of carbonyl (C=O) groups is 2. The summed E-state index contributed by atoms with van der Waals surface area (Å²) in [6, 6.07) is 13.7. The lowest BCUT2D eigenvalue weighted by Gasteiger charge is -2.03. The summed E-state index contributed by atoms with van der Waals surface area (Å²) in [5, 5.41) is 9.77. The Hall–Kier alpha value is -3.14. The number of rotatable bonds is 5. The molecule has 1 N–H and O–H groups in total. The Balaban J connectivity index is 2.12. The van der Waals surface area contributed by atoms with Crippen molar-refractivity contribution in [3.8, 4) is 5.75 Å². The van der Waals surface area contributed by atoms with E-state index < -0.39 is 11.8 Å². The molecule has 0 amide bonds. The highest BCUT2D eigenvalue weighted by Crippen LogP contribution is 2.20. The highest BCUT2D eigenvalue weighted by Gasteiger charge is 2.13. The molecule has 4 heteroatoms. The molecular weight excluding hydrogens is 292 g/mol. The fourth-order valence-corrected chi connectivity index (χ4v) is 1.94. The second kappa shape index (κ2) is 7.75. The zero-order valence-electron chi connectivity index (χ0n) is 12.6. The van der Waals surface area contributed by atoms with Crippen LogP contribution in [0, 0.1) is 0 Å². The lowest BCUT2D eigenvalue weighted by Crippen LogP contribution is -2.04. The smallest absolute Gasteiger partial charge is 0.337 e. The number of hydrogen-bond donors (Lipinski definition) is 1. The third-order valence-electron chi connectivity index (χ3n) is 3.13. The molecule has 0 unspecified atom stereocenters. The van der Waals surface area contributed by atoms with Crippen molar-refractivity contribution in [2.24, 2.45) is 0 Å². The first-order valence-electron chi connectivity index (χ1n) is 6.97. The number of aromatic hydroxyl groups is 1. The Bertz CT molecular complexity index is 758. The molecule has 0 saturated carbocycles. The van der Waals surface area contributed by atoms with E-state index in [0.29, 0.717) is 0 Å². The zero-order valence-corrected chi connectivity index (χ0v) is 12.6. The summed E-state index contributed by atoms with van der Waals surface area (Å²) in [7, 11) is 1.25. The minimum atomic E-state index is -0.563. The standard InChI is InChI=1S/C19H16O4/c1-23-19(22)15-11-12-18(21)16(13-15)17(20)10-6-5-9-14-7-3-2-4-8-14/h2-13,21H,1H3/b9-5+,10-6?. The number of ether oxygens (including phenoxy) is 1. The van der Waals surface area contributed by atoms with Crippen LogP contribution < -0.4 is 0 Å². The predicted molar refractivity (Wildman–Crippen MR) is 88.4 cm³/mol. The molecule has 0 fully saturated rings. The summed E-state index contributed by atoms with van der Waals surface area (Å²) in [5.41, 5.74) is 1.28. The molecule has 0 aliphatic heterocycles. The van der Waals surface area contributed by atoms with Crippen molar-refractivity contribution in [3.05, 3.63) is 83.4 Å². The number of methoxy groups -OCH3 is 1. The summed E-state index contributed by atoms with van der Waals surface area (Å²) in [6.45, 7) is 0. The Kier molecular flexibility index (Phi) is 5.47. The van der Waals surface area contributed by atoms with E-state index in [1.54, 1.807) is 12.2 Å². The molecular formula is C19H16O4. The van der Waals surface area contributed by atoms with Gasteiger partial charge < -0.3 is 9.84 Å². The first-order valence-corrected chi connectivity index (χ1v) is 6.97. The number of allylic oxidation sites excluding steroid dienone is 3. The maximum atomic E-state index is 12.1. The maximum Gasteiger partial charge on any atom is 0.337 e. The minimum absolute atomic E-state index is 0.0530. The molecule has 2 aromatic carbocycles. The number of phenolic OH excluding ortho intramolecular Hbond substituents is 1. The van der Waals surface area contributed by atoms with Crippen molar-refractivity contribution in [3.63, 3.8) is 0 Å². The molecule has 0 aliphatic rings. The van der Waals surface area contributed by atoms with E-state index in [-0.39, 0.29) is 16.9 Å². The monoisotopic (exact) mass is 308 g/mol. The van der Waals surface area contributed by atoms with Crippen molar-refractivity contribution in [2.75, 3.05) is 7.11 Å². The SMILES string of the molecule is COC(=O)c1ccc(O)c(C(=O)C=C/C=C/c2ccccc2)c1. The van der Waals surface area contributed by atoms with Gasteiger partial charge in [-0.1, -0.05) is 48.6 Å². The first-order chi connectivity index (χ1) is 11.1. The van der Waals surface area contributed by atoms with Gasteiger partial charge in [0.2, 0.25) is 0 Å². The largest absolute Gasteiger partial charge is 0.507 e. The molecule has 2 rings (SSSR count). The fourth-order valence-electron chi connectivity index (χ4n) is 1.94. The van der Waals surface area contributed by atoms with E-state index in [0.717, 1.165) is 5.56 Å². The van der Waals surface area contributed by atoms with E-state index in [1.165, 1.54) is 31.4 Å². The lowest BCUT2D eigenvalue weighted by atomic mass is 10.1. The van der Waals surface area contributed by atoms with Crippen molar-refractivity contribution < 1.29 is 19.4 Å². The average Bonchev–Trinajstić information content (AvgIpc) is 2.59. The van der Waals surface area contributed by atoms with Crippen LogP contribution in [0.5, 0.6) is 5.75 Å². The van der Waals surface area contributed by atoms with Crippen LogP contribution in [-0.4, -0.2) is 24.0 Å². The van der Waals surface area contributed by atoms with Crippen molar-refractivity contribution >= 4 is 17.8 Å². The van der Waals surface area contributed by atoms with Crippen LogP contribution >= 0.6 is 0 Å². The van der Waals surface area contributed by atoms with Gasteiger partial charge in [-0.15, -0.1) is 0 Å². The van der Waals surface area contributed by atoms with Crippen molar-refractivity contribution in [1.29, 1.82) is 0 Å². The molecule has 0 aromatic heterocycles. The number of phenols is 1. The molecule has 0 radical (unpaired) electrons. The Morgan fingerprint density at radius 1 is 1.04 bits per heavy atom. The van der Waals surface area contributed by atoms with Gasteiger partial charge in [-0.05, 0) is 29.8 Å². The Morgan fingerprint density at radius 2 is 1.78 bits per heavy atom. The summed E-state index contributed by atoms with van der Waals surface area (Å²) < 4.78 is 4.60. The molecule has 0 bridgehead atoms.